The van der Waals surface area contributed by atoms with Crippen LogP contribution >= 0.6 is 0 Å². The van der Waals surface area contributed by atoms with E-state index in [9.17, 15) is 27.9 Å². The normalized spacial score (nSPS) is 20.8. The number of nitrogens with two attached hydrogens (primary N) is 1. The van der Waals surface area contributed by atoms with Crippen LogP contribution in [0, 0.1) is 0 Å². The van der Waals surface area contributed by atoms with Gasteiger partial charge in [0.05, 0.1) is 28.6 Å². The fraction of sp³-hybridized carbons (Fsp3) is 0.344. The number of benzene rings is 1. The number of alkyl halides is 3. The molecule has 1 aromatic carbocycles. The predicted octanol–water partition coefficient (Wildman–Crippen LogP) is 5.50. The van der Waals surface area contributed by atoms with Crippen LogP contribution in [0.15, 0.2) is 54.9 Å². The molecule has 1 aliphatic heterocycles. The maximum atomic E-state index is 13.1. The highest BCUT2D eigenvalue weighted by atomic mass is 19.4. The first-order chi connectivity index (χ1) is 21.6. The molecule has 2 amide bonds. The number of pyridine rings is 2. The predicted molar refractivity (Wildman–Crippen MR) is 163 cm³/mol. The SMILES string of the molecule is Nc1ncc2c3c1c(-c1ccc(C(=O)Nc4cc(C(F)(F)F)ccn4)cc1)nn3[C@@H]1CCC[C@H](C1)NC(=O)CCC[C@H](O)C=C2. The van der Waals surface area contributed by atoms with Gasteiger partial charge in [-0.2, -0.15) is 18.3 Å². The third-order valence-electron chi connectivity index (χ3n) is 8.29. The van der Waals surface area contributed by atoms with E-state index in [0.717, 1.165) is 48.7 Å². The number of fused-ring (bicyclic) bond motifs is 3. The van der Waals surface area contributed by atoms with Gasteiger partial charge < -0.3 is 21.5 Å². The molecule has 6 rings (SSSR count). The van der Waals surface area contributed by atoms with E-state index >= 15 is 0 Å². The second-order valence-corrected chi connectivity index (χ2v) is 11.5. The van der Waals surface area contributed by atoms with Gasteiger partial charge in [0.15, 0.2) is 0 Å². The maximum absolute atomic E-state index is 13.1. The average molecular weight is 620 g/mol. The molecule has 4 heterocycles. The van der Waals surface area contributed by atoms with Crippen LogP contribution in [-0.2, 0) is 11.0 Å². The minimum Gasteiger partial charge on any atom is -0.389 e. The number of hydrogen-bond donors (Lipinski definition) is 4. The standard InChI is InChI=1S/C32H32F3N7O3/c33-32(34,35)21-13-14-37-25(15-21)40-31(45)19-9-7-18(8-10-19)28-27-29-20(17-38-30(27)36)11-12-24(43)5-2-6-26(44)39-22-3-1-4-23(16-22)42(29)41-28/h7-15,17,22-24,43H,1-6,16H2,(H2,36,38)(H,39,44)(H,37,40,45)/t22-,23-,24+/m1/s1. The molecule has 3 atom stereocenters. The minimum absolute atomic E-state index is 0.00546. The van der Waals surface area contributed by atoms with Crippen molar-refractivity contribution < 1.29 is 27.9 Å². The Bertz CT molecular complexity index is 1770. The lowest BCUT2D eigenvalue weighted by Gasteiger charge is -2.30. The van der Waals surface area contributed by atoms with Gasteiger partial charge in [-0.3, -0.25) is 14.3 Å². The molecular weight excluding hydrogens is 587 g/mol. The quantitative estimate of drug-likeness (QED) is 0.237. The number of nitrogen functional groups attached to an aromatic ring is 1. The molecule has 234 valence electrons. The Labute approximate surface area is 256 Å². The average Bonchev–Trinajstić information content (AvgIpc) is 3.42. The van der Waals surface area contributed by atoms with Crippen molar-refractivity contribution in [3.63, 3.8) is 0 Å². The monoisotopic (exact) mass is 619 g/mol. The third-order valence-corrected chi connectivity index (χ3v) is 8.29. The van der Waals surface area contributed by atoms with Crippen molar-refractivity contribution in [1.82, 2.24) is 25.1 Å². The van der Waals surface area contributed by atoms with Crippen molar-refractivity contribution in [3.8, 4) is 11.3 Å². The van der Waals surface area contributed by atoms with E-state index in [4.69, 9.17) is 10.8 Å². The lowest BCUT2D eigenvalue weighted by Crippen LogP contribution is -2.39. The summed E-state index contributed by atoms with van der Waals surface area (Å²) in [6, 6.07) is 8.05. The van der Waals surface area contributed by atoms with Crippen LogP contribution in [0.4, 0.5) is 24.8 Å². The number of nitrogens with zero attached hydrogens (tertiary/aromatic N) is 4. The second kappa shape index (κ2) is 12.3. The Balaban J connectivity index is 1.37. The molecule has 0 spiro atoms. The van der Waals surface area contributed by atoms with E-state index < -0.39 is 23.8 Å². The first-order valence-electron chi connectivity index (χ1n) is 14.8. The third kappa shape index (κ3) is 6.53. The molecule has 45 heavy (non-hydrogen) atoms. The van der Waals surface area contributed by atoms with Crippen molar-refractivity contribution >= 4 is 40.4 Å². The molecule has 4 aromatic rings. The van der Waals surface area contributed by atoms with E-state index in [-0.39, 0.29) is 35.2 Å². The number of carbonyl (C=O) groups excluding carboxylic acids is 2. The second-order valence-electron chi connectivity index (χ2n) is 11.5. The van der Waals surface area contributed by atoms with E-state index in [1.165, 1.54) is 0 Å². The van der Waals surface area contributed by atoms with Crippen molar-refractivity contribution in [2.75, 3.05) is 11.1 Å². The Morgan fingerprint density at radius 2 is 1.89 bits per heavy atom. The lowest BCUT2D eigenvalue weighted by atomic mass is 9.90. The number of nitrogens with one attached hydrogen (secondary N) is 2. The van der Waals surface area contributed by atoms with Gasteiger partial charge in [0, 0.05) is 41.5 Å². The molecular formula is C32H32F3N7O3. The Morgan fingerprint density at radius 3 is 2.67 bits per heavy atom. The summed E-state index contributed by atoms with van der Waals surface area (Å²) in [5.74, 6) is -0.598. The van der Waals surface area contributed by atoms with Gasteiger partial charge in [-0.15, -0.1) is 0 Å². The molecule has 13 heteroatoms. The number of amides is 2. The summed E-state index contributed by atoms with van der Waals surface area (Å²) in [5.41, 5.74) is 8.44. The van der Waals surface area contributed by atoms with E-state index in [0.29, 0.717) is 42.3 Å². The fourth-order valence-corrected chi connectivity index (χ4v) is 6.05. The highest BCUT2D eigenvalue weighted by Gasteiger charge is 2.31. The van der Waals surface area contributed by atoms with Crippen LogP contribution in [0.2, 0.25) is 0 Å². The van der Waals surface area contributed by atoms with E-state index in [1.807, 2.05) is 10.8 Å². The van der Waals surface area contributed by atoms with Gasteiger partial charge in [-0.25, -0.2) is 9.97 Å². The van der Waals surface area contributed by atoms with Gasteiger partial charge in [0.1, 0.15) is 17.3 Å². The van der Waals surface area contributed by atoms with Crippen molar-refractivity contribution in [2.24, 2.45) is 0 Å². The van der Waals surface area contributed by atoms with Crippen molar-refractivity contribution in [1.29, 1.82) is 0 Å². The first-order valence-corrected chi connectivity index (χ1v) is 14.8. The fourth-order valence-electron chi connectivity index (χ4n) is 6.05. The smallest absolute Gasteiger partial charge is 0.389 e. The van der Waals surface area contributed by atoms with Gasteiger partial charge in [0.2, 0.25) is 5.91 Å². The highest BCUT2D eigenvalue weighted by molar-refractivity contribution is 6.06. The molecule has 1 saturated carbocycles. The molecule has 2 bridgehead atoms. The summed E-state index contributed by atoms with van der Waals surface area (Å²) in [5, 5.41) is 21.8. The van der Waals surface area contributed by atoms with Crippen molar-refractivity contribution in [2.45, 2.75) is 69.3 Å². The van der Waals surface area contributed by atoms with Gasteiger partial charge in [-0.05, 0) is 62.8 Å². The number of aromatic nitrogens is 4. The molecule has 0 radical (unpaired) electrons. The minimum atomic E-state index is -4.57. The van der Waals surface area contributed by atoms with Crippen LogP contribution in [0.1, 0.15) is 72.5 Å². The maximum Gasteiger partial charge on any atom is 0.416 e. The molecule has 2 aliphatic rings. The first kappa shape index (κ1) is 30.3. The zero-order chi connectivity index (χ0) is 31.7. The summed E-state index contributed by atoms with van der Waals surface area (Å²) in [7, 11) is 0. The number of carbonyl (C=O) groups is 2. The summed E-state index contributed by atoms with van der Waals surface area (Å²) >= 11 is 0. The van der Waals surface area contributed by atoms with Gasteiger partial charge in [0.25, 0.3) is 5.91 Å². The molecule has 3 aromatic heterocycles. The zero-order valence-corrected chi connectivity index (χ0v) is 24.2. The van der Waals surface area contributed by atoms with E-state index in [2.05, 4.69) is 20.6 Å². The summed E-state index contributed by atoms with van der Waals surface area (Å²) in [6.45, 7) is 0. The van der Waals surface area contributed by atoms with Crippen LogP contribution in [0.3, 0.4) is 0 Å². The highest BCUT2D eigenvalue weighted by Crippen LogP contribution is 2.39. The number of halogens is 3. The number of rotatable bonds is 3. The number of aliphatic hydroxyl groups is 1. The molecule has 1 fully saturated rings. The largest absolute Gasteiger partial charge is 0.416 e. The van der Waals surface area contributed by atoms with Crippen LogP contribution in [0.25, 0.3) is 28.2 Å². The van der Waals surface area contributed by atoms with Crippen LogP contribution < -0.4 is 16.4 Å². The Hall–Kier alpha value is -4.78. The lowest BCUT2D eigenvalue weighted by molar-refractivity contribution is -0.137. The molecule has 10 nitrogen and oxygen atoms in total. The van der Waals surface area contributed by atoms with Gasteiger partial charge in [-0.1, -0.05) is 24.3 Å². The Kier molecular flexibility index (Phi) is 8.28. The van der Waals surface area contributed by atoms with Gasteiger partial charge >= 0.3 is 6.18 Å². The topological polar surface area (TPSA) is 148 Å². The summed E-state index contributed by atoms with van der Waals surface area (Å²) in [4.78, 5) is 33.7. The molecule has 5 N–H and O–H groups in total. The number of aliphatic hydroxyl groups excluding tert-OH is 1. The van der Waals surface area contributed by atoms with Crippen LogP contribution in [0.5, 0.6) is 0 Å². The van der Waals surface area contributed by atoms with Crippen LogP contribution in [-0.4, -0.2) is 48.8 Å². The molecule has 1 aliphatic carbocycles. The molecule has 0 saturated heterocycles. The van der Waals surface area contributed by atoms with Crippen molar-refractivity contribution in [3.05, 3.63) is 71.6 Å². The summed E-state index contributed by atoms with van der Waals surface area (Å²) in [6.07, 6.45) is 5.50. The number of anilines is 2. The summed E-state index contributed by atoms with van der Waals surface area (Å²) < 4.78 is 41.2. The number of hydrogen-bond acceptors (Lipinski definition) is 7. The molecule has 0 unspecified atom stereocenters. The Morgan fingerprint density at radius 1 is 1.09 bits per heavy atom. The van der Waals surface area contributed by atoms with E-state index in [1.54, 1.807) is 36.5 Å². The zero-order valence-electron chi connectivity index (χ0n) is 24.2.